The molecule has 0 bridgehead atoms. The smallest absolute Gasteiger partial charge is 0.332 e. The Labute approximate surface area is 115 Å². The van der Waals surface area contributed by atoms with Crippen LogP contribution in [0.1, 0.15) is 6.42 Å². The Morgan fingerprint density at radius 2 is 1.90 bits per heavy atom. The van der Waals surface area contributed by atoms with Crippen LogP contribution in [0.15, 0.2) is 9.59 Å². The zero-order valence-electron chi connectivity index (χ0n) is 11.9. The maximum absolute atomic E-state index is 12.3. The van der Waals surface area contributed by atoms with E-state index in [1.807, 2.05) is 0 Å². The molecule has 0 atom stereocenters. The number of aryl methyl sites for hydroxylation is 2. The molecule has 0 radical (unpaired) electrons. The van der Waals surface area contributed by atoms with Crippen molar-refractivity contribution in [1.29, 1.82) is 5.26 Å². The molecular weight excluding hydrogens is 260 g/mol. The van der Waals surface area contributed by atoms with Gasteiger partial charge < -0.3 is 9.47 Å². The minimum Gasteiger partial charge on any atom is -0.348 e. The number of imidazole rings is 1. The summed E-state index contributed by atoms with van der Waals surface area (Å²) in [5.74, 6) is 0.550. The lowest BCUT2D eigenvalue weighted by atomic mass is 10.4. The van der Waals surface area contributed by atoms with E-state index in [9.17, 15) is 9.59 Å². The number of hydrogen-bond acceptors (Lipinski definition) is 5. The second kappa shape index (κ2) is 4.85. The van der Waals surface area contributed by atoms with E-state index in [4.69, 9.17) is 5.26 Å². The minimum atomic E-state index is -0.419. The molecule has 8 heteroatoms. The second-order valence-corrected chi connectivity index (χ2v) is 4.74. The first-order chi connectivity index (χ1) is 9.40. The topological polar surface area (TPSA) is 88.8 Å². The Kier molecular flexibility index (Phi) is 3.36. The van der Waals surface area contributed by atoms with E-state index in [1.165, 1.54) is 11.6 Å². The average Bonchev–Trinajstić information content (AvgIpc) is 2.80. The molecule has 20 heavy (non-hydrogen) atoms. The van der Waals surface area contributed by atoms with E-state index in [-0.39, 0.29) is 6.42 Å². The van der Waals surface area contributed by atoms with Gasteiger partial charge >= 0.3 is 5.69 Å². The van der Waals surface area contributed by atoms with Gasteiger partial charge in [-0.05, 0) is 0 Å². The van der Waals surface area contributed by atoms with E-state index in [0.29, 0.717) is 23.7 Å². The predicted octanol–water partition coefficient (Wildman–Crippen LogP) is -0.587. The first-order valence-corrected chi connectivity index (χ1v) is 6.10. The van der Waals surface area contributed by atoms with Gasteiger partial charge in [-0.3, -0.25) is 13.9 Å². The third kappa shape index (κ3) is 1.87. The molecule has 0 saturated carbocycles. The monoisotopic (exact) mass is 276 g/mol. The van der Waals surface area contributed by atoms with Gasteiger partial charge in [-0.15, -0.1) is 0 Å². The molecule has 8 nitrogen and oxygen atoms in total. The molecule has 2 heterocycles. The number of hydrogen-bond donors (Lipinski definition) is 0. The highest BCUT2D eigenvalue weighted by molar-refractivity contribution is 5.74. The van der Waals surface area contributed by atoms with Gasteiger partial charge in [-0.2, -0.15) is 10.2 Å². The van der Waals surface area contributed by atoms with Crippen molar-refractivity contribution in [2.24, 2.45) is 14.1 Å². The third-order valence-corrected chi connectivity index (χ3v) is 3.18. The van der Waals surface area contributed by atoms with Gasteiger partial charge in [-0.1, -0.05) is 0 Å². The summed E-state index contributed by atoms with van der Waals surface area (Å²) in [6, 6.07) is 2.05. The van der Waals surface area contributed by atoms with Crippen LogP contribution in [0.4, 0.5) is 5.95 Å². The van der Waals surface area contributed by atoms with Crippen LogP contribution in [-0.2, 0) is 20.6 Å². The molecule has 0 spiro atoms. The highest BCUT2D eigenvalue weighted by atomic mass is 16.2. The number of rotatable bonds is 3. The van der Waals surface area contributed by atoms with Crippen molar-refractivity contribution in [1.82, 2.24) is 18.7 Å². The maximum atomic E-state index is 12.3. The molecule has 0 N–H and O–H groups in total. The van der Waals surface area contributed by atoms with Crippen LogP contribution >= 0.6 is 0 Å². The molecule has 0 aliphatic heterocycles. The van der Waals surface area contributed by atoms with Gasteiger partial charge in [0.25, 0.3) is 5.56 Å². The number of fused-ring (bicyclic) bond motifs is 1. The van der Waals surface area contributed by atoms with Crippen LogP contribution in [0.5, 0.6) is 0 Å². The standard InChI is InChI=1S/C12H16N6O2/c1-15(2)11-14-9-8(18(11)7-5-6-13)10(19)17(4)12(20)16(9)3/h5,7H2,1-4H3. The molecule has 0 saturated heterocycles. The van der Waals surface area contributed by atoms with Gasteiger partial charge in [-0.25, -0.2) is 4.79 Å². The molecule has 0 aliphatic carbocycles. The van der Waals surface area contributed by atoms with Crippen molar-refractivity contribution in [3.8, 4) is 6.07 Å². The first kappa shape index (κ1) is 13.9. The van der Waals surface area contributed by atoms with Crippen LogP contribution in [0, 0.1) is 11.3 Å². The summed E-state index contributed by atoms with van der Waals surface area (Å²) in [6.45, 7) is 0.355. The molecule has 0 fully saturated rings. The Bertz CT molecular complexity index is 818. The van der Waals surface area contributed by atoms with Crippen LogP contribution in [0.2, 0.25) is 0 Å². The van der Waals surface area contributed by atoms with Crippen LogP contribution in [0.3, 0.4) is 0 Å². The molecule has 2 aromatic heterocycles. The average molecular weight is 276 g/mol. The van der Waals surface area contributed by atoms with E-state index >= 15 is 0 Å². The zero-order chi connectivity index (χ0) is 15.0. The predicted molar refractivity (Wildman–Crippen MR) is 74.8 cm³/mol. The SMILES string of the molecule is CN(C)c1nc2c(c(=O)n(C)c(=O)n2C)n1CCC#N. The van der Waals surface area contributed by atoms with Crippen LogP contribution in [-0.4, -0.2) is 32.8 Å². The van der Waals surface area contributed by atoms with Crippen molar-refractivity contribution >= 4 is 17.1 Å². The van der Waals surface area contributed by atoms with Crippen molar-refractivity contribution in [3.05, 3.63) is 20.8 Å². The number of anilines is 1. The lowest BCUT2D eigenvalue weighted by Crippen LogP contribution is -2.37. The lowest BCUT2D eigenvalue weighted by molar-refractivity contribution is 0.690. The Morgan fingerprint density at radius 1 is 1.25 bits per heavy atom. The van der Waals surface area contributed by atoms with Crippen molar-refractivity contribution in [3.63, 3.8) is 0 Å². The third-order valence-electron chi connectivity index (χ3n) is 3.18. The Hall–Kier alpha value is -2.56. The lowest BCUT2D eigenvalue weighted by Gasteiger charge is -2.13. The molecular formula is C12H16N6O2. The normalized spacial score (nSPS) is 10.8. The molecule has 0 unspecified atom stereocenters. The number of nitriles is 1. The fourth-order valence-electron chi connectivity index (χ4n) is 2.15. The van der Waals surface area contributed by atoms with Crippen LogP contribution < -0.4 is 16.1 Å². The van der Waals surface area contributed by atoms with E-state index in [1.54, 1.807) is 30.6 Å². The van der Waals surface area contributed by atoms with E-state index < -0.39 is 11.2 Å². The van der Waals surface area contributed by atoms with Gasteiger partial charge in [0.2, 0.25) is 5.95 Å². The summed E-state index contributed by atoms with van der Waals surface area (Å²) < 4.78 is 4.07. The van der Waals surface area contributed by atoms with Crippen molar-refractivity contribution in [2.45, 2.75) is 13.0 Å². The van der Waals surface area contributed by atoms with Gasteiger partial charge in [0.05, 0.1) is 12.5 Å². The van der Waals surface area contributed by atoms with E-state index in [2.05, 4.69) is 11.1 Å². The fraction of sp³-hybridized carbons (Fsp3) is 0.500. The van der Waals surface area contributed by atoms with Gasteiger partial charge in [0.1, 0.15) is 0 Å². The zero-order valence-corrected chi connectivity index (χ0v) is 11.9. The molecule has 106 valence electrons. The summed E-state index contributed by atoms with van der Waals surface area (Å²) >= 11 is 0. The quantitative estimate of drug-likeness (QED) is 0.748. The highest BCUT2D eigenvalue weighted by Gasteiger charge is 2.19. The largest absolute Gasteiger partial charge is 0.348 e. The summed E-state index contributed by atoms with van der Waals surface area (Å²) in [7, 11) is 6.60. The molecule has 2 rings (SSSR count). The summed E-state index contributed by atoms with van der Waals surface area (Å²) in [4.78, 5) is 30.3. The van der Waals surface area contributed by atoms with Gasteiger partial charge in [0, 0.05) is 34.7 Å². The maximum Gasteiger partial charge on any atom is 0.332 e. The Morgan fingerprint density at radius 3 is 2.45 bits per heavy atom. The fourth-order valence-corrected chi connectivity index (χ4v) is 2.15. The number of aromatic nitrogens is 4. The Balaban J connectivity index is 2.94. The van der Waals surface area contributed by atoms with Crippen molar-refractivity contribution < 1.29 is 0 Å². The molecule has 0 aliphatic rings. The van der Waals surface area contributed by atoms with E-state index in [0.717, 1.165) is 4.57 Å². The second-order valence-electron chi connectivity index (χ2n) is 4.74. The molecule has 0 aromatic carbocycles. The summed E-state index contributed by atoms with van der Waals surface area (Å²) in [5, 5.41) is 8.75. The summed E-state index contributed by atoms with van der Waals surface area (Å²) in [6.07, 6.45) is 0.262. The molecule has 2 aromatic rings. The van der Waals surface area contributed by atoms with Crippen LogP contribution in [0.25, 0.3) is 11.2 Å². The van der Waals surface area contributed by atoms with Crippen molar-refractivity contribution in [2.75, 3.05) is 19.0 Å². The minimum absolute atomic E-state index is 0.262. The highest BCUT2D eigenvalue weighted by Crippen LogP contribution is 2.17. The first-order valence-electron chi connectivity index (χ1n) is 6.10. The molecule has 0 amide bonds. The number of nitrogens with zero attached hydrogens (tertiary/aromatic N) is 6. The summed E-state index contributed by atoms with van der Waals surface area (Å²) in [5.41, 5.74) is -0.146. The van der Waals surface area contributed by atoms with Gasteiger partial charge in [0.15, 0.2) is 11.2 Å².